The maximum atomic E-state index is 6.75. The number of likely N-dealkylation sites (tertiary alicyclic amines) is 1. The average molecular weight is 420 g/mol. The van der Waals surface area contributed by atoms with Gasteiger partial charge in [-0.05, 0) is 74.2 Å². The second-order valence-corrected chi connectivity index (χ2v) is 8.80. The minimum absolute atomic E-state index is 0.533. The van der Waals surface area contributed by atoms with E-state index < -0.39 is 5.60 Å². The van der Waals surface area contributed by atoms with Crippen LogP contribution in [0.15, 0.2) is 78.9 Å². The van der Waals surface area contributed by atoms with Gasteiger partial charge in [-0.25, -0.2) is 0 Å². The zero-order valence-corrected chi connectivity index (χ0v) is 18.6. The van der Waals surface area contributed by atoms with Crippen molar-refractivity contribution in [2.75, 3.05) is 20.2 Å². The molecule has 0 saturated carbocycles. The third-order valence-corrected chi connectivity index (χ3v) is 6.69. The van der Waals surface area contributed by atoms with Crippen molar-refractivity contribution < 1.29 is 4.74 Å². The van der Waals surface area contributed by atoms with E-state index in [4.69, 9.17) is 16.3 Å². The zero-order chi connectivity index (χ0) is 21.0. The molecule has 0 aliphatic carbocycles. The highest BCUT2D eigenvalue weighted by atomic mass is 35.5. The van der Waals surface area contributed by atoms with Gasteiger partial charge in [0.2, 0.25) is 0 Å². The molecule has 3 aromatic carbocycles. The highest BCUT2D eigenvalue weighted by Gasteiger charge is 2.33. The Balaban J connectivity index is 1.69. The van der Waals surface area contributed by atoms with Crippen LogP contribution >= 0.6 is 11.6 Å². The lowest BCUT2D eigenvalue weighted by molar-refractivity contribution is -0.0113. The van der Waals surface area contributed by atoms with E-state index in [1.54, 1.807) is 0 Å². The molecule has 1 aliphatic heterocycles. The molecule has 1 heterocycles. The molecule has 1 fully saturated rings. The van der Waals surface area contributed by atoms with Crippen molar-refractivity contribution in [3.63, 3.8) is 0 Å². The van der Waals surface area contributed by atoms with Gasteiger partial charge in [-0.1, -0.05) is 78.3 Å². The lowest BCUT2D eigenvalue weighted by atomic mass is 9.83. The second kappa shape index (κ2) is 9.34. The maximum Gasteiger partial charge on any atom is 0.116 e. The van der Waals surface area contributed by atoms with Gasteiger partial charge >= 0.3 is 0 Å². The Morgan fingerprint density at radius 2 is 1.67 bits per heavy atom. The summed E-state index contributed by atoms with van der Waals surface area (Å²) in [6.07, 6.45) is 3.61. The van der Waals surface area contributed by atoms with Crippen molar-refractivity contribution in [3.8, 4) is 11.1 Å². The Morgan fingerprint density at radius 3 is 2.37 bits per heavy atom. The van der Waals surface area contributed by atoms with Gasteiger partial charge in [-0.2, -0.15) is 0 Å². The number of nitrogens with zero attached hydrogens (tertiary/aromatic N) is 1. The summed E-state index contributed by atoms with van der Waals surface area (Å²) in [6.45, 7) is 4.13. The smallest absolute Gasteiger partial charge is 0.116 e. The molecule has 4 rings (SSSR count). The molecule has 0 unspecified atom stereocenters. The van der Waals surface area contributed by atoms with E-state index in [0.29, 0.717) is 6.04 Å². The van der Waals surface area contributed by atoms with Crippen LogP contribution in [0.5, 0.6) is 0 Å². The molecule has 2 atom stereocenters. The largest absolute Gasteiger partial charge is 0.366 e. The minimum atomic E-state index is -0.533. The normalized spacial score (nSPS) is 19.0. The van der Waals surface area contributed by atoms with Crippen LogP contribution in [0.2, 0.25) is 5.02 Å². The first-order chi connectivity index (χ1) is 14.6. The standard InChI is InChI=1S/C27H30ClNO/c1-27(22-9-4-3-5-10-22,30-20-18-24-11-8-19-29(24)2)26-13-7-6-12-25(26)21-14-16-23(28)17-15-21/h3-7,9-10,12-17,24H,8,11,18-20H2,1-2H3/t24-,27-/m0/s1. The zero-order valence-electron chi connectivity index (χ0n) is 17.9. The Kier molecular flexibility index (Phi) is 6.58. The summed E-state index contributed by atoms with van der Waals surface area (Å²) in [7, 11) is 2.23. The van der Waals surface area contributed by atoms with Crippen LogP contribution < -0.4 is 0 Å². The number of rotatable bonds is 7. The number of halogens is 1. The van der Waals surface area contributed by atoms with E-state index >= 15 is 0 Å². The highest BCUT2D eigenvalue weighted by Crippen LogP contribution is 2.39. The molecular formula is C27H30ClNO. The van der Waals surface area contributed by atoms with E-state index in [2.05, 4.69) is 85.6 Å². The van der Waals surface area contributed by atoms with Gasteiger partial charge < -0.3 is 9.64 Å². The van der Waals surface area contributed by atoms with Crippen LogP contribution in [0.25, 0.3) is 11.1 Å². The molecule has 0 bridgehead atoms. The molecule has 156 valence electrons. The number of hydrogen-bond donors (Lipinski definition) is 0. The van der Waals surface area contributed by atoms with Crippen molar-refractivity contribution in [2.24, 2.45) is 0 Å². The molecule has 0 radical (unpaired) electrons. The molecule has 30 heavy (non-hydrogen) atoms. The van der Waals surface area contributed by atoms with Gasteiger partial charge in [-0.3, -0.25) is 0 Å². The summed E-state index contributed by atoms with van der Waals surface area (Å²) in [5.74, 6) is 0. The highest BCUT2D eigenvalue weighted by molar-refractivity contribution is 6.30. The van der Waals surface area contributed by atoms with E-state index in [-0.39, 0.29) is 0 Å². The molecule has 0 aromatic heterocycles. The molecular weight excluding hydrogens is 390 g/mol. The third kappa shape index (κ3) is 4.46. The molecule has 0 spiro atoms. The SMILES string of the molecule is CN1CCC[C@H]1CCO[C@@](C)(c1ccccc1)c1ccccc1-c1ccc(Cl)cc1. The van der Waals surface area contributed by atoms with E-state index in [9.17, 15) is 0 Å². The summed E-state index contributed by atoms with van der Waals surface area (Å²) in [6, 6.07) is 27.8. The monoisotopic (exact) mass is 419 g/mol. The van der Waals surface area contributed by atoms with Crippen LogP contribution in [-0.2, 0) is 10.3 Å². The third-order valence-electron chi connectivity index (χ3n) is 6.43. The predicted octanol–water partition coefficient (Wildman–Crippen LogP) is 6.77. The molecule has 2 nitrogen and oxygen atoms in total. The maximum absolute atomic E-state index is 6.75. The van der Waals surface area contributed by atoms with Gasteiger partial charge in [0.05, 0.1) is 0 Å². The van der Waals surface area contributed by atoms with Crippen LogP contribution in [0, 0.1) is 0 Å². The summed E-state index contributed by atoms with van der Waals surface area (Å²) < 4.78 is 6.75. The quantitative estimate of drug-likeness (QED) is 0.419. The predicted molar refractivity (Wildman–Crippen MR) is 126 cm³/mol. The summed E-state index contributed by atoms with van der Waals surface area (Å²) in [5, 5.41) is 0.749. The number of hydrogen-bond acceptors (Lipinski definition) is 2. The van der Waals surface area contributed by atoms with Gasteiger partial charge in [0, 0.05) is 17.7 Å². The number of benzene rings is 3. The molecule has 1 aliphatic rings. The fourth-order valence-electron chi connectivity index (χ4n) is 4.60. The van der Waals surface area contributed by atoms with Crippen molar-refractivity contribution in [2.45, 2.75) is 37.8 Å². The first kappa shape index (κ1) is 21.1. The van der Waals surface area contributed by atoms with Crippen LogP contribution in [0.3, 0.4) is 0 Å². The van der Waals surface area contributed by atoms with Gasteiger partial charge in [0.15, 0.2) is 0 Å². The topological polar surface area (TPSA) is 12.5 Å². The first-order valence-corrected chi connectivity index (χ1v) is 11.2. The van der Waals surface area contributed by atoms with Crippen LogP contribution in [0.1, 0.15) is 37.3 Å². The number of ether oxygens (including phenoxy) is 1. The van der Waals surface area contributed by atoms with Crippen molar-refractivity contribution in [3.05, 3.63) is 95.0 Å². The van der Waals surface area contributed by atoms with E-state index in [1.165, 1.54) is 36.1 Å². The lowest BCUT2D eigenvalue weighted by Crippen LogP contribution is -2.32. The average Bonchev–Trinajstić information content (AvgIpc) is 3.19. The Hall–Kier alpha value is -2.13. The fraction of sp³-hybridized carbons (Fsp3) is 0.333. The van der Waals surface area contributed by atoms with Gasteiger partial charge in [0.25, 0.3) is 0 Å². The molecule has 3 heteroatoms. The Labute approximate surface area is 185 Å². The second-order valence-electron chi connectivity index (χ2n) is 8.37. The van der Waals surface area contributed by atoms with Gasteiger partial charge in [-0.15, -0.1) is 0 Å². The Morgan fingerprint density at radius 1 is 0.967 bits per heavy atom. The van der Waals surface area contributed by atoms with E-state index in [0.717, 1.165) is 23.6 Å². The lowest BCUT2D eigenvalue weighted by Gasteiger charge is -2.34. The van der Waals surface area contributed by atoms with Crippen molar-refractivity contribution in [1.29, 1.82) is 0 Å². The first-order valence-electron chi connectivity index (χ1n) is 10.8. The molecule has 1 saturated heterocycles. The molecule has 0 amide bonds. The van der Waals surface area contributed by atoms with Crippen LogP contribution in [0.4, 0.5) is 0 Å². The minimum Gasteiger partial charge on any atom is -0.366 e. The fourth-order valence-corrected chi connectivity index (χ4v) is 4.72. The van der Waals surface area contributed by atoms with Crippen LogP contribution in [-0.4, -0.2) is 31.1 Å². The van der Waals surface area contributed by atoms with Crippen molar-refractivity contribution in [1.82, 2.24) is 4.90 Å². The Bertz CT molecular complexity index is 956. The summed E-state index contributed by atoms with van der Waals surface area (Å²) >= 11 is 6.14. The van der Waals surface area contributed by atoms with Crippen molar-refractivity contribution >= 4 is 11.6 Å². The summed E-state index contributed by atoms with van der Waals surface area (Å²) in [5.41, 5.74) is 4.15. The van der Waals surface area contributed by atoms with E-state index in [1.807, 2.05) is 12.1 Å². The summed E-state index contributed by atoms with van der Waals surface area (Å²) in [4.78, 5) is 2.46. The molecule has 3 aromatic rings. The molecule has 0 N–H and O–H groups in total. The van der Waals surface area contributed by atoms with Gasteiger partial charge in [0.1, 0.15) is 5.60 Å².